The Morgan fingerprint density at radius 3 is 2.62 bits per heavy atom. The largest absolute Gasteiger partial charge is 0.373 e. The van der Waals surface area contributed by atoms with Crippen molar-refractivity contribution < 1.29 is 9.59 Å². The first-order chi connectivity index (χ1) is 15.4. The van der Waals surface area contributed by atoms with Crippen LogP contribution in [0.3, 0.4) is 0 Å². The molecule has 10 heteroatoms. The summed E-state index contributed by atoms with van der Waals surface area (Å²) in [6, 6.07) is 9.20. The molecule has 1 fully saturated rings. The number of rotatable bonds is 11. The van der Waals surface area contributed by atoms with Gasteiger partial charge in [0, 0.05) is 37.6 Å². The lowest BCUT2D eigenvalue weighted by Crippen LogP contribution is -2.52. The summed E-state index contributed by atoms with van der Waals surface area (Å²) in [5, 5.41) is 15.8. The fourth-order valence-corrected chi connectivity index (χ4v) is 4.34. The first-order valence-corrected chi connectivity index (χ1v) is 12.0. The van der Waals surface area contributed by atoms with Crippen molar-refractivity contribution in [2.45, 2.75) is 18.9 Å². The number of thioether (sulfide) groups is 1. The average molecular weight is 462 g/mol. The maximum Gasteiger partial charge on any atom is 0.239 e. The maximum atomic E-state index is 12.6. The van der Waals surface area contributed by atoms with E-state index in [1.807, 2.05) is 42.1 Å². The molecule has 0 bridgehead atoms. The molecule has 2 atom stereocenters. The molecule has 0 radical (unpaired) electrons. The molecule has 32 heavy (non-hydrogen) atoms. The Morgan fingerprint density at radius 1 is 1.19 bits per heavy atom. The van der Waals surface area contributed by atoms with Gasteiger partial charge in [-0.15, -0.1) is 0 Å². The summed E-state index contributed by atoms with van der Waals surface area (Å²) >= 11 is 1.90. The summed E-state index contributed by atoms with van der Waals surface area (Å²) in [6.45, 7) is 6.18. The van der Waals surface area contributed by atoms with Crippen molar-refractivity contribution in [2.24, 2.45) is 17.4 Å². The van der Waals surface area contributed by atoms with Crippen molar-refractivity contribution in [3.63, 3.8) is 0 Å². The molecular formula is C22H35N7O2S. The molecule has 0 aliphatic carbocycles. The average Bonchev–Trinajstić information content (AvgIpc) is 3.08. The molecule has 0 aromatic heterocycles. The maximum absolute atomic E-state index is 12.6. The number of carbonyl (C=O) groups is 2. The van der Waals surface area contributed by atoms with Gasteiger partial charge < -0.3 is 32.3 Å². The molecule has 2 rings (SSSR count). The quantitative estimate of drug-likeness (QED) is 0.198. The van der Waals surface area contributed by atoms with Crippen LogP contribution in [0, 0.1) is 11.3 Å². The number of carbonyl (C=O) groups excluding carboxylic acids is 2. The van der Waals surface area contributed by atoms with E-state index in [0.717, 1.165) is 42.3 Å². The Morgan fingerprint density at radius 2 is 1.94 bits per heavy atom. The van der Waals surface area contributed by atoms with Gasteiger partial charge in [-0.25, -0.2) is 0 Å². The van der Waals surface area contributed by atoms with Crippen LogP contribution in [0.1, 0.15) is 12.0 Å². The summed E-state index contributed by atoms with van der Waals surface area (Å²) in [5.41, 5.74) is 13.0. The fourth-order valence-electron chi connectivity index (χ4n) is 3.46. The Bertz CT molecular complexity index is 767. The predicted molar refractivity (Wildman–Crippen MR) is 130 cm³/mol. The standard InChI is InChI=1S/C22H35N7O2S/c1-16(29-8-5-10-32-11-9-29)19(14-27-22(24)25)28-20(30)15-26-21(31)18(13-23)12-17-6-3-2-4-7-17/h2-4,6-7,18-19H,1,5,8-15,23H2,(H,26,31)(H,28,30)(H4,24,25,27). The highest BCUT2D eigenvalue weighted by molar-refractivity contribution is 7.99. The van der Waals surface area contributed by atoms with Crippen LogP contribution >= 0.6 is 11.8 Å². The van der Waals surface area contributed by atoms with Gasteiger partial charge in [-0.05, 0) is 24.2 Å². The minimum absolute atomic E-state index is 0.163. The van der Waals surface area contributed by atoms with Crippen LogP contribution < -0.4 is 27.4 Å². The van der Waals surface area contributed by atoms with E-state index in [4.69, 9.17) is 16.9 Å². The van der Waals surface area contributed by atoms with Crippen LogP contribution in [0.5, 0.6) is 0 Å². The van der Waals surface area contributed by atoms with Crippen molar-refractivity contribution in [3.8, 4) is 0 Å². The molecule has 2 amide bonds. The lowest BCUT2D eigenvalue weighted by atomic mass is 9.98. The predicted octanol–water partition coefficient (Wildman–Crippen LogP) is -0.159. The second-order valence-corrected chi connectivity index (χ2v) is 8.92. The third kappa shape index (κ3) is 8.80. The zero-order valence-corrected chi connectivity index (χ0v) is 19.3. The van der Waals surface area contributed by atoms with Gasteiger partial charge in [-0.1, -0.05) is 36.9 Å². The molecule has 0 saturated carbocycles. The van der Waals surface area contributed by atoms with E-state index in [1.54, 1.807) is 0 Å². The summed E-state index contributed by atoms with van der Waals surface area (Å²) in [5.74, 6) is 0.915. The molecule has 1 aromatic carbocycles. The number of hydrogen-bond acceptors (Lipinski definition) is 6. The van der Waals surface area contributed by atoms with Gasteiger partial charge in [0.15, 0.2) is 5.96 Å². The SMILES string of the molecule is C=C(C(CNC(=N)N)NC(=O)CNC(=O)C(CN)Cc1ccccc1)N1CCCSCC1. The van der Waals surface area contributed by atoms with E-state index < -0.39 is 12.0 Å². The molecule has 8 N–H and O–H groups in total. The van der Waals surface area contributed by atoms with Gasteiger partial charge in [0.05, 0.1) is 18.5 Å². The van der Waals surface area contributed by atoms with Crippen LogP contribution in [0.4, 0.5) is 0 Å². The molecular weight excluding hydrogens is 426 g/mol. The van der Waals surface area contributed by atoms with Gasteiger partial charge >= 0.3 is 0 Å². The number of nitrogens with zero attached hydrogens (tertiary/aromatic N) is 1. The van der Waals surface area contributed by atoms with E-state index in [-0.39, 0.29) is 37.4 Å². The molecule has 0 spiro atoms. The minimum Gasteiger partial charge on any atom is -0.373 e. The first kappa shape index (κ1) is 25.5. The van der Waals surface area contributed by atoms with Crippen molar-refractivity contribution >= 4 is 29.5 Å². The zero-order valence-electron chi connectivity index (χ0n) is 18.4. The summed E-state index contributed by atoms with van der Waals surface area (Å²) in [7, 11) is 0. The van der Waals surface area contributed by atoms with Crippen LogP contribution in [-0.4, -0.2) is 72.9 Å². The molecule has 1 heterocycles. The highest BCUT2D eigenvalue weighted by Crippen LogP contribution is 2.16. The van der Waals surface area contributed by atoms with E-state index in [2.05, 4.69) is 27.4 Å². The summed E-state index contributed by atoms with van der Waals surface area (Å²) in [4.78, 5) is 27.3. The van der Waals surface area contributed by atoms with E-state index in [9.17, 15) is 9.59 Å². The lowest BCUT2D eigenvalue weighted by molar-refractivity contribution is -0.128. The van der Waals surface area contributed by atoms with E-state index in [0.29, 0.717) is 6.42 Å². The number of nitrogens with two attached hydrogens (primary N) is 2. The Labute approximate surface area is 194 Å². The van der Waals surface area contributed by atoms with E-state index >= 15 is 0 Å². The van der Waals surface area contributed by atoms with Crippen molar-refractivity contribution in [1.29, 1.82) is 5.41 Å². The highest BCUT2D eigenvalue weighted by atomic mass is 32.2. The smallest absolute Gasteiger partial charge is 0.239 e. The van der Waals surface area contributed by atoms with Gasteiger partial charge in [-0.2, -0.15) is 11.8 Å². The molecule has 9 nitrogen and oxygen atoms in total. The van der Waals surface area contributed by atoms with E-state index in [1.165, 1.54) is 0 Å². The second-order valence-electron chi connectivity index (χ2n) is 7.70. The topological polar surface area (TPSA) is 149 Å². The Balaban J connectivity index is 1.90. The van der Waals surface area contributed by atoms with Crippen LogP contribution in [0.2, 0.25) is 0 Å². The monoisotopic (exact) mass is 461 g/mol. The molecule has 1 aliphatic heterocycles. The van der Waals surface area contributed by atoms with Crippen LogP contribution in [-0.2, 0) is 16.0 Å². The van der Waals surface area contributed by atoms with Gasteiger partial charge in [0.25, 0.3) is 0 Å². The van der Waals surface area contributed by atoms with Crippen molar-refractivity contribution in [1.82, 2.24) is 20.9 Å². The van der Waals surface area contributed by atoms with Gasteiger partial charge in [0.1, 0.15) is 0 Å². The molecule has 1 aliphatic rings. The highest BCUT2D eigenvalue weighted by Gasteiger charge is 2.23. The summed E-state index contributed by atoms with van der Waals surface area (Å²) in [6.07, 6.45) is 1.56. The Kier molecular flexibility index (Phi) is 10.9. The number of amides is 2. The van der Waals surface area contributed by atoms with Gasteiger partial charge in [-0.3, -0.25) is 15.0 Å². The second kappa shape index (κ2) is 13.6. The molecule has 1 saturated heterocycles. The van der Waals surface area contributed by atoms with Gasteiger partial charge in [0.2, 0.25) is 11.8 Å². The summed E-state index contributed by atoms with van der Waals surface area (Å²) < 4.78 is 0. The third-order valence-corrected chi connectivity index (χ3v) is 6.31. The number of guanidine groups is 1. The third-order valence-electron chi connectivity index (χ3n) is 5.27. The normalized spacial score (nSPS) is 15.7. The first-order valence-electron chi connectivity index (χ1n) is 10.8. The minimum atomic E-state index is -0.443. The molecule has 2 unspecified atom stereocenters. The number of hydrogen-bond donors (Lipinski definition) is 6. The Hall–Kier alpha value is -2.72. The number of benzene rings is 1. The zero-order chi connectivity index (χ0) is 23.3. The van der Waals surface area contributed by atoms with Crippen LogP contribution in [0.25, 0.3) is 0 Å². The lowest BCUT2D eigenvalue weighted by Gasteiger charge is -2.31. The van der Waals surface area contributed by atoms with Crippen molar-refractivity contribution in [3.05, 3.63) is 48.2 Å². The fraction of sp³-hybridized carbons (Fsp3) is 0.500. The van der Waals surface area contributed by atoms with Crippen molar-refractivity contribution in [2.75, 3.05) is 44.2 Å². The molecule has 176 valence electrons. The molecule has 1 aromatic rings. The van der Waals surface area contributed by atoms with Crippen LogP contribution in [0.15, 0.2) is 42.6 Å². The number of nitrogens with one attached hydrogen (secondary N) is 4.